The molecular formula is C25H29FN4O3. The Kier molecular flexibility index (Phi) is 6.35. The number of carbonyl (C=O) groups is 2. The number of hydrogen-bond donors (Lipinski definition) is 2. The van der Waals surface area contributed by atoms with Gasteiger partial charge in [-0.15, -0.1) is 0 Å². The summed E-state index contributed by atoms with van der Waals surface area (Å²) in [7, 11) is 0. The number of carbonyl (C=O) groups excluding carboxylic acids is 2. The van der Waals surface area contributed by atoms with Gasteiger partial charge in [0.15, 0.2) is 0 Å². The summed E-state index contributed by atoms with van der Waals surface area (Å²) in [5.41, 5.74) is 1.97. The van der Waals surface area contributed by atoms with Crippen molar-refractivity contribution in [3.8, 4) is 0 Å². The van der Waals surface area contributed by atoms with Crippen LogP contribution in [-0.4, -0.2) is 45.1 Å². The number of ether oxygens (including phenoxy) is 1. The minimum atomic E-state index is -0.644. The summed E-state index contributed by atoms with van der Waals surface area (Å²) in [4.78, 5) is 34.3. The van der Waals surface area contributed by atoms with Crippen molar-refractivity contribution >= 4 is 28.7 Å². The van der Waals surface area contributed by atoms with E-state index in [-0.39, 0.29) is 5.91 Å². The first kappa shape index (κ1) is 22.8. The molecule has 2 aromatic heterocycles. The average molecular weight is 453 g/mol. The number of pyridine rings is 1. The average Bonchev–Trinajstić information content (AvgIpc) is 3.24. The number of halogens is 1. The van der Waals surface area contributed by atoms with Crippen molar-refractivity contribution in [2.45, 2.75) is 58.1 Å². The van der Waals surface area contributed by atoms with Crippen molar-refractivity contribution in [3.05, 3.63) is 59.7 Å². The standard InChI is InChI=1S/C25H29FN4O3/c1-25(2,3)33-24(32)30-13-5-4-6-21(30)23(31)29-18-8-7-17(20(26)15-18)14-16-9-11-27-22-19(16)10-12-28-22/h7-12,15,21H,4-6,13-14H2,1-3H3,(H,27,28)(H,29,31). The number of piperidine rings is 1. The Morgan fingerprint density at radius 1 is 1.21 bits per heavy atom. The van der Waals surface area contributed by atoms with Gasteiger partial charge in [-0.05, 0) is 75.4 Å². The number of benzene rings is 1. The van der Waals surface area contributed by atoms with Crippen LogP contribution in [0.3, 0.4) is 0 Å². The smallest absolute Gasteiger partial charge is 0.410 e. The second-order valence-electron chi connectivity index (χ2n) is 9.37. The molecular weight excluding hydrogens is 423 g/mol. The second kappa shape index (κ2) is 9.21. The molecule has 4 rings (SSSR count). The topological polar surface area (TPSA) is 87.3 Å². The molecule has 0 bridgehead atoms. The fraction of sp³-hybridized carbons (Fsp3) is 0.400. The predicted octanol–water partition coefficient (Wildman–Crippen LogP) is 5.02. The third-order valence-electron chi connectivity index (χ3n) is 5.69. The van der Waals surface area contributed by atoms with Crippen LogP contribution in [0.5, 0.6) is 0 Å². The van der Waals surface area contributed by atoms with Gasteiger partial charge in [0.25, 0.3) is 0 Å². The summed E-state index contributed by atoms with van der Waals surface area (Å²) >= 11 is 0. The fourth-order valence-electron chi connectivity index (χ4n) is 4.11. The van der Waals surface area contributed by atoms with Gasteiger partial charge in [-0.25, -0.2) is 14.2 Å². The first-order valence-corrected chi connectivity index (χ1v) is 11.2. The summed E-state index contributed by atoms with van der Waals surface area (Å²) < 4.78 is 20.4. The Bertz CT molecular complexity index is 1170. The highest BCUT2D eigenvalue weighted by Crippen LogP contribution is 2.24. The van der Waals surface area contributed by atoms with E-state index in [9.17, 15) is 14.0 Å². The van der Waals surface area contributed by atoms with Gasteiger partial charge in [0.2, 0.25) is 5.91 Å². The van der Waals surface area contributed by atoms with Crippen molar-refractivity contribution in [2.24, 2.45) is 0 Å². The largest absolute Gasteiger partial charge is 0.444 e. The number of H-pyrrole nitrogens is 1. The molecule has 0 saturated carbocycles. The maximum Gasteiger partial charge on any atom is 0.410 e. The molecule has 3 heterocycles. The number of anilines is 1. The zero-order valence-corrected chi connectivity index (χ0v) is 19.2. The van der Waals surface area contributed by atoms with Crippen molar-refractivity contribution in [1.82, 2.24) is 14.9 Å². The molecule has 1 aromatic carbocycles. The number of amides is 2. The Morgan fingerprint density at radius 2 is 2.03 bits per heavy atom. The molecule has 174 valence electrons. The van der Waals surface area contributed by atoms with Crippen LogP contribution in [0.25, 0.3) is 11.0 Å². The third kappa shape index (κ3) is 5.32. The fourth-order valence-corrected chi connectivity index (χ4v) is 4.11. The number of hydrogen-bond acceptors (Lipinski definition) is 4. The molecule has 3 aromatic rings. The highest BCUT2D eigenvalue weighted by molar-refractivity contribution is 5.96. The van der Waals surface area contributed by atoms with E-state index in [0.717, 1.165) is 29.4 Å². The number of nitrogens with one attached hydrogen (secondary N) is 2. The molecule has 33 heavy (non-hydrogen) atoms. The van der Waals surface area contributed by atoms with E-state index in [1.54, 1.807) is 39.1 Å². The van der Waals surface area contributed by atoms with Crippen molar-refractivity contribution in [3.63, 3.8) is 0 Å². The molecule has 2 N–H and O–H groups in total. The van der Waals surface area contributed by atoms with Crippen molar-refractivity contribution in [2.75, 3.05) is 11.9 Å². The normalized spacial score (nSPS) is 16.6. The molecule has 8 heteroatoms. The number of aromatic nitrogens is 2. The van der Waals surface area contributed by atoms with Crippen LogP contribution in [0.15, 0.2) is 42.7 Å². The molecule has 1 aliphatic heterocycles. The van der Waals surface area contributed by atoms with E-state index in [2.05, 4.69) is 15.3 Å². The van der Waals surface area contributed by atoms with Gasteiger partial charge in [0.05, 0.1) is 0 Å². The van der Waals surface area contributed by atoms with Crippen LogP contribution in [0.1, 0.15) is 51.2 Å². The molecule has 0 radical (unpaired) electrons. The molecule has 1 aliphatic rings. The minimum Gasteiger partial charge on any atom is -0.444 e. The lowest BCUT2D eigenvalue weighted by atomic mass is 10.0. The van der Waals surface area contributed by atoms with Crippen molar-refractivity contribution < 1.29 is 18.7 Å². The minimum absolute atomic E-state index is 0.337. The van der Waals surface area contributed by atoms with Gasteiger partial charge in [-0.1, -0.05) is 6.07 Å². The summed E-state index contributed by atoms with van der Waals surface area (Å²) in [6.45, 7) is 5.84. The monoisotopic (exact) mass is 452 g/mol. The first-order valence-electron chi connectivity index (χ1n) is 11.2. The molecule has 2 amide bonds. The van der Waals surface area contributed by atoms with Gasteiger partial charge < -0.3 is 15.0 Å². The van der Waals surface area contributed by atoms with E-state index in [1.807, 2.05) is 18.3 Å². The van der Waals surface area contributed by atoms with Crippen LogP contribution in [0.4, 0.5) is 14.9 Å². The number of likely N-dealkylation sites (tertiary alicyclic amines) is 1. The number of aromatic amines is 1. The van der Waals surface area contributed by atoms with E-state index >= 15 is 0 Å². The summed E-state index contributed by atoms with van der Waals surface area (Å²) in [5, 5.41) is 3.73. The molecule has 1 atom stereocenters. The SMILES string of the molecule is CC(C)(C)OC(=O)N1CCCCC1C(=O)Nc1ccc(Cc2ccnc3[nH]ccc23)c(F)c1. The molecule has 0 aliphatic carbocycles. The van der Waals surface area contributed by atoms with Gasteiger partial charge in [0, 0.05) is 36.4 Å². The molecule has 1 unspecified atom stereocenters. The molecule has 1 fully saturated rings. The predicted molar refractivity (Wildman–Crippen MR) is 125 cm³/mol. The lowest BCUT2D eigenvalue weighted by molar-refractivity contribution is -0.122. The number of fused-ring (bicyclic) bond motifs is 1. The maximum absolute atomic E-state index is 14.9. The molecule has 1 saturated heterocycles. The van der Waals surface area contributed by atoms with Gasteiger partial charge in [0.1, 0.15) is 23.1 Å². The van der Waals surface area contributed by atoms with E-state index in [0.29, 0.717) is 30.6 Å². The van der Waals surface area contributed by atoms with Gasteiger partial charge in [-0.2, -0.15) is 0 Å². The highest BCUT2D eigenvalue weighted by Gasteiger charge is 2.34. The molecule has 7 nitrogen and oxygen atoms in total. The Morgan fingerprint density at radius 3 is 2.79 bits per heavy atom. The zero-order valence-electron chi connectivity index (χ0n) is 19.2. The molecule has 0 spiro atoms. The summed E-state index contributed by atoms with van der Waals surface area (Å²) in [5.74, 6) is -0.739. The van der Waals surface area contributed by atoms with Gasteiger partial charge in [-0.3, -0.25) is 9.69 Å². The van der Waals surface area contributed by atoms with Crippen LogP contribution in [0.2, 0.25) is 0 Å². The Labute approximate surface area is 192 Å². The van der Waals surface area contributed by atoms with Crippen LogP contribution >= 0.6 is 0 Å². The lowest BCUT2D eigenvalue weighted by Crippen LogP contribution is -2.51. The van der Waals surface area contributed by atoms with E-state index in [4.69, 9.17) is 4.74 Å². The summed E-state index contributed by atoms with van der Waals surface area (Å²) in [6.07, 6.45) is 5.60. The van der Waals surface area contributed by atoms with Gasteiger partial charge >= 0.3 is 6.09 Å². The van der Waals surface area contributed by atoms with Crippen LogP contribution in [-0.2, 0) is 16.0 Å². The second-order valence-corrected chi connectivity index (χ2v) is 9.37. The number of nitrogens with zero attached hydrogens (tertiary/aromatic N) is 2. The zero-order chi connectivity index (χ0) is 23.6. The quantitative estimate of drug-likeness (QED) is 0.582. The van der Waals surface area contributed by atoms with Crippen molar-refractivity contribution in [1.29, 1.82) is 0 Å². The van der Waals surface area contributed by atoms with Crippen LogP contribution in [0, 0.1) is 5.82 Å². The number of rotatable bonds is 4. The summed E-state index contributed by atoms with van der Waals surface area (Å²) in [6, 6.07) is 7.84. The highest BCUT2D eigenvalue weighted by atomic mass is 19.1. The Hall–Kier alpha value is -3.42. The van der Waals surface area contributed by atoms with E-state index < -0.39 is 23.6 Å². The third-order valence-corrected chi connectivity index (χ3v) is 5.69. The van der Waals surface area contributed by atoms with E-state index in [1.165, 1.54) is 11.0 Å². The maximum atomic E-state index is 14.9. The lowest BCUT2D eigenvalue weighted by Gasteiger charge is -2.35. The Balaban J connectivity index is 1.46. The first-order chi connectivity index (χ1) is 15.7. The van der Waals surface area contributed by atoms with Crippen LogP contribution < -0.4 is 5.32 Å².